The van der Waals surface area contributed by atoms with Gasteiger partial charge in [-0.25, -0.2) is 14.6 Å². The van der Waals surface area contributed by atoms with E-state index in [1.807, 2.05) is 24.3 Å². The first-order valence-corrected chi connectivity index (χ1v) is 12.2. The van der Waals surface area contributed by atoms with Crippen LogP contribution in [0.1, 0.15) is 29.7 Å². The standard InChI is InChI=1S/C26H32N4O6/c1-35-22(12-20-10-9-18-8-5-11-27-24(18)28-20)19-14-30(15-19)23(31)13-21(25(32)33)29-26(34)36-16-17-6-3-2-4-7-17/h2-4,6-7,9-10,19,21-22H,5,8,11-16H2,1H3,(H,27,28)(H,29,34)(H,32,33). The van der Waals surface area contributed by atoms with Gasteiger partial charge in [-0.05, 0) is 30.0 Å². The molecule has 10 heteroatoms. The summed E-state index contributed by atoms with van der Waals surface area (Å²) in [6.45, 7) is 1.86. The lowest BCUT2D eigenvalue weighted by Gasteiger charge is -2.43. The van der Waals surface area contributed by atoms with Crippen LogP contribution in [0, 0.1) is 5.92 Å². The Kier molecular flexibility index (Phi) is 8.37. The normalized spacial score (nSPS) is 16.6. The number of carboxylic acid groups (broad SMARTS) is 1. The number of likely N-dealkylation sites (tertiary alicyclic amines) is 1. The van der Waals surface area contributed by atoms with Gasteiger partial charge in [0.05, 0.1) is 12.5 Å². The number of amides is 2. The highest BCUT2D eigenvalue weighted by molar-refractivity contribution is 5.87. The third-order valence-electron chi connectivity index (χ3n) is 6.63. The highest BCUT2D eigenvalue weighted by Gasteiger charge is 2.38. The van der Waals surface area contributed by atoms with Crippen LogP contribution in [-0.4, -0.2) is 71.9 Å². The van der Waals surface area contributed by atoms with Crippen LogP contribution in [0.25, 0.3) is 0 Å². The zero-order valence-corrected chi connectivity index (χ0v) is 20.3. The third-order valence-corrected chi connectivity index (χ3v) is 6.63. The van der Waals surface area contributed by atoms with Crippen molar-refractivity contribution in [3.63, 3.8) is 0 Å². The fourth-order valence-electron chi connectivity index (χ4n) is 4.49. The maximum absolute atomic E-state index is 12.7. The van der Waals surface area contributed by atoms with Crippen molar-refractivity contribution in [1.82, 2.24) is 15.2 Å². The van der Waals surface area contributed by atoms with Crippen molar-refractivity contribution in [2.75, 3.05) is 32.1 Å². The number of methoxy groups -OCH3 is 1. The van der Waals surface area contributed by atoms with E-state index in [1.54, 1.807) is 24.1 Å². The second kappa shape index (κ2) is 11.9. The van der Waals surface area contributed by atoms with E-state index in [9.17, 15) is 19.5 Å². The smallest absolute Gasteiger partial charge is 0.408 e. The molecule has 0 bridgehead atoms. The number of nitrogens with one attached hydrogen (secondary N) is 2. The monoisotopic (exact) mass is 496 g/mol. The highest BCUT2D eigenvalue weighted by atomic mass is 16.5. The Morgan fingerprint density at radius 2 is 1.97 bits per heavy atom. The zero-order chi connectivity index (χ0) is 25.5. The average molecular weight is 497 g/mol. The molecule has 0 radical (unpaired) electrons. The summed E-state index contributed by atoms with van der Waals surface area (Å²) in [4.78, 5) is 42.7. The number of ether oxygens (including phenoxy) is 2. The van der Waals surface area contributed by atoms with Gasteiger partial charge >= 0.3 is 12.1 Å². The second-order valence-corrected chi connectivity index (χ2v) is 9.18. The number of carboxylic acids is 1. The number of benzene rings is 1. The van der Waals surface area contributed by atoms with E-state index in [2.05, 4.69) is 16.7 Å². The van der Waals surface area contributed by atoms with Gasteiger partial charge in [0.25, 0.3) is 0 Å². The summed E-state index contributed by atoms with van der Waals surface area (Å²) in [5.74, 6) is -0.572. The first kappa shape index (κ1) is 25.4. The summed E-state index contributed by atoms with van der Waals surface area (Å²) >= 11 is 0. The molecule has 3 heterocycles. The van der Waals surface area contributed by atoms with E-state index in [0.717, 1.165) is 36.5 Å². The van der Waals surface area contributed by atoms with E-state index in [-0.39, 0.29) is 31.0 Å². The minimum absolute atomic E-state index is 0.00824. The highest BCUT2D eigenvalue weighted by Crippen LogP contribution is 2.26. The number of pyridine rings is 1. The van der Waals surface area contributed by atoms with Gasteiger partial charge in [0.15, 0.2) is 0 Å². The topological polar surface area (TPSA) is 130 Å². The van der Waals surface area contributed by atoms with Crippen molar-refractivity contribution in [2.24, 2.45) is 5.92 Å². The van der Waals surface area contributed by atoms with Crippen molar-refractivity contribution < 1.29 is 29.0 Å². The number of alkyl carbamates (subject to hydrolysis) is 1. The Bertz CT molecular complexity index is 1070. The van der Waals surface area contributed by atoms with Crippen LogP contribution in [0.15, 0.2) is 42.5 Å². The molecule has 2 aromatic rings. The number of rotatable bonds is 10. The minimum atomic E-state index is -1.37. The van der Waals surface area contributed by atoms with E-state index in [4.69, 9.17) is 14.5 Å². The maximum Gasteiger partial charge on any atom is 0.408 e. The number of aromatic nitrogens is 1. The van der Waals surface area contributed by atoms with Crippen LogP contribution in [0.2, 0.25) is 0 Å². The molecular weight excluding hydrogens is 464 g/mol. The lowest BCUT2D eigenvalue weighted by Crippen LogP contribution is -2.56. The number of fused-ring (bicyclic) bond motifs is 1. The number of carbonyl (C=O) groups is 3. The van der Waals surface area contributed by atoms with Gasteiger partial charge in [-0.15, -0.1) is 0 Å². The molecule has 2 amide bonds. The summed E-state index contributed by atoms with van der Waals surface area (Å²) in [5, 5.41) is 15.1. The van der Waals surface area contributed by atoms with Crippen LogP contribution in [0.3, 0.4) is 0 Å². The van der Waals surface area contributed by atoms with Gasteiger partial charge in [0, 0.05) is 44.8 Å². The van der Waals surface area contributed by atoms with Gasteiger partial charge in [0.2, 0.25) is 5.91 Å². The van der Waals surface area contributed by atoms with Crippen molar-refractivity contribution in [3.05, 3.63) is 59.3 Å². The molecule has 10 nitrogen and oxygen atoms in total. The van der Waals surface area contributed by atoms with E-state index in [1.165, 1.54) is 5.56 Å². The molecule has 192 valence electrons. The molecule has 1 aromatic carbocycles. The Balaban J connectivity index is 1.24. The first-order chi connectivity index (χ1) is 17.4. The molecule has 1 fully saturated rings. The summed E-state index contributed by atoms with van der Waals surface area (Å²) in [5.41, 5.74) is 2.94. The quantitative estimate of drug-likeness (QED) is 0.457. The maximum atomic E-state index is 12.7. The van der Waals surface area contributed by atoms with Gasteiger partial charge < -0.3 is 30.1 Å². The minimum Gasteiger partial charge on any atom is -0.480 e. The summed E-state index contributed by atoms with van der Waals surface area (Å²) < 4.78 is 10.8. The van der Waals surface area contributed by atoms with Crippen molar-refractivity contribution in [1.29, 1.82) is 0 Å². The fourth-order valence-corrected chi connectivity index (χ4v) is 4.49. The third kappa shape index (κ3) is 6.51. The molecule has 0 saturated carbocycles. The van der Waals surface area contributed by atoms with Gasteiger partial charge in [-0.2, -0.15) is 0 Å². The molecule has 1 aromatic heterocycles. The van der Waals surface area contributed by atoms with Crippen LogP contribution in [0.5, 0.6) is 0 Å². The molecule has 2 aliphatic rings. The molecule has 2 unspecified atom stereocenters. The molecule has 3 N–H and O–H groups in total. The second-order valence-electron chi connectivity index (χ2n) is 9.18. The molecule has 0 aliphatic carbocycles. The van der Waals surface area contributed by atoms with Gasteiger partial charge in [0.1, 0.15) is 18.5 Å². The summed E-state index contributed by atoms with van der Waals surface area (Å²) in [6.07, 6.45) is 1.42. The largest absolute Gasteiger partial charge is 0.480 e. The lowest BCUT2D eigenvalue weighted by molar-refractivity contribution is -0.147. The first-order valence-electron chi connectivity index (χ1n) is 12.2. The number of aryl methyl sites for hydroxylation is 1. The van der Waals surface area contributed by atoms with E-state index >= 15 is 0 Å². The average Bonchev–Trinajstić information content (AvgIpc) is 2.86. The summed E-state index contributed by atoms with van der Waals surface area (Å²) in [7, 11) is 1.65. The predicted octanol–water partition coefficient (Wildman–Crippen LogP) is 2.23. The molecule has 2 atom stereocenters. The van der Waals surface area contributed by atoms with Crippen LogP contribution in [0.4, 0.5) is 10.6 Å². The van der Waals surface area contributed by atoms with Gasteiger partial charge in [-0.3, -0.25) is 4.79 Å². The fraction of sp³-hybridized carbons (Fsp3) is 0.462. The zero-order valence-electron chi connectivity index (χ0n) is 20.3. The van der Waals surface area contributed by atoms with Gasteiger partial charge in [-0.1, -0.05) is 36.4 Å². The van der Waals surface area contributed by atoms with Crippen LogP contribution in [-0.2, 0) is 38.5 Å². The number of hydrogen-bond donors (Lipinski definition) is 3. The molecule has 2 aliphatic heterocycles. The Morgan fingerprint density at radius 3 is 2.69 bits per heavy atom. The number of carbonyl (C=O) groups excluding carboxylic acids is 2. The van der Waals surface area contributed by atoms with Crippen molar-refractivity contribution >= 4 is 23.8 Å². The van der Waals surface area contributed by atoms with Crippen molar-refractivity contribution in [3.8, 4) is 0 Å². The van der Waals surface area contributed by atoms with E-state index in [0.29, 0.717) is 19.5 Å². The van der Waals surface area contributed by atoms with E-state index < -0.39 is 18.1 Å². The SMILES string of the molecule is COC(Cc1ccc2c(n1)NCCC2)C1CN(C(=O)CC(NC(=O)OCc2ccccc2)C(=O)O)C1. The lowest BCUT2D eigenvalue weighted by atomic mass is 9.89. The Labute approximate surface area is 210 Å². The number of hydrogen-bond acceptors (Lipinski definition) is 7. The molecule has 36 heavy (non-hydrogen) atoms. The molecule has 0 spiro atoms. The Hall–Kier alpha value is -3.66. The molecule has 1 saturated heterocycles. The number of anilines is 1. The van der Waals surface area contributed by atoms with Crippen LogP contribution >= 0.6 is 0 Å². The molecule has 4 rings (SSSR count). The summed E-state index contributed by atoms with van der Waals surface area (Å²) in [6, 6.07) is 11.8. The Morgan fingerprint density at radius 1 is 1.19 bits per heavy atom. The van der Waals surface area contributed by atoms with Crippen LogP contribution < -0.4 is 10.6 Å². The molecular formula is C26H32N4O6. The predicted molar refractivity (Wildman–Crippen MR) is 131 cm³/mol. The number of nitrogens with zero attached hydrogens (tertiary/aromatic N) is 2. The van der Waals surface area contributed by atoms with Crippen molar-refractivity contribution in [2.45, 2.75) is 44.4 Å². The number of aliphatic carboxylic acids is 1.